The molecule has 0 atom stereocenters. The molecule has 2 aromatic rings. The topological polar surface area (TPSA) is 51.6 Å². The van der Waals surface area contributed by atoms with Crippen LogP contribution in [0, 0.1) is 0 Å². The van der Waals surface area contributed by atoms with Gasteiger partial charge in [0.1, 0.15) is 0 Å². The molecule has 0 amide bonds. The zero-order valence-electron chi connectivity index (χ0n) is 8.87. The summed E-state index contributed by atoms with van der Waals surface area (Å²) >= 11 is 16.0. The van der Waals surface area contributed by atoms with Crippen LogP contribution < -0.4 is 0 Å². The van der Waals surface area contributed by atoms with Crippen LogP contribution in [0.2, 0.25) is 15.5 Å². The molecule has 0 saturated heterocycles. The van der Waals surface area contributed by atoms with Crippen molar-refractivity contribution in [3.63, 3.8) is 0 Å². The van der Waals surface area contributed by atoms with Gasteiger partial charge < -0.3 is 0 Å². The molecular formula is C9H4Cl3F3N4. The van der Waals surface area contributed by atoms with Crippen LogP contribution in [0.15, 0.2) is 24.3 Å². The molecule has 0 aliphatic carbocycles. The second-order valence-electron chi connectivity index (χ2n) is 2.92. The van der Waals surface area contributed by atoms with E-state index in [1.54, 1.807) is 12.1 Å². The molecule has 0 spiro atoms. The molecule has 19 heavy (non-hydrogen) atoms. The molecule has 0 N–H and O–H groups in total. The molecule has 4 nitrogen and oxygen atoms in total. The van der Waals surface area contributed by atoms with E-state index in [0.29, 0.717) is 10.3 Å². The van der Waals surface area contributed by atoms with Gasteiger partial charge >= 0.3 is 6.18 Å². The van der Waals surface area contributed by atoms with Crippen molar-refractivity contribution in [2.45, 2.75) is 6.18 Å². The van der Waals surface area contributed by atoms with E-state index < -0.39 is 11.9 Å². The van der Waals surface area contributed by atoms with Gasteiger partial charge in [0.2, 0.25) is 0 Å². The summed E-state index contributed by atoms with van der Waals surface area (Å²) in [7, 11) is 0. The van der Waals surface area contributed by atoms with Gasteiger partial charge in [0.05, 0.1) is 0 Å². The van der Waals surface area contributed by atoms with Crippen molar-refractivity contribution in [2.75, 3.05) is 0 Å². The highest BCUT2D eigenvalue weighted by molar-refractivity contribution is 6.31. The first-order valence-corrected chi connectivity index (χ1v) is 5.63. The van der Waals surface area contributed by atoms with E-state index >= 15 is 0 Å². The van der Waals surface area contributed by atoms with Gasteiger partial charge in [-0.2, -0.15) is 13.2 Å². The van der Waals surface area contributed by atoms with Crippen LogP contribution in [-0.4, -0.2) is 20.4 Å². The molecule has 2 heterocycles. The lowest BCUT2D eigenvalue weighted by molar-refractivity contribution is -0.141. The maximum Gasteiger partial charge on any atom is 0.435 e. The summed E-state index contributed by atoms with van der Waals surface area (Å²) in [6.07, 6.45) is -4.45. The third-order valence-electron chi connectivity index (χ3n) is 1.52. The van der Waals surface area contributed by atoms with E-state index in [4.69, 9.17) is 34.8 Å². The Morgan fingerprint density at radius 1 is 0.684 bits per heavy atom. The van der Waals surface area contributed by atoms with Crippen molar-refractivity contribution in [3.8, 4) is 0 Å². The van der Waals surface area contributed by atoms with Gasteiger partial charge in [-0.25, -0.2) is 0 Å². The summed E-state index contributed by atoms with van der Waals surface area (Å²) in [4.78, 5) is 0. The Hall–Kier alpha value is -1.18. The summed E-state index contributed by atoms with van der Waals surface area (Å²) in [5, 5.41) is 13.5. The highest BCUT2D eigenvalue weighted by atomic mass is 35.5. The molecule has 102 valence electrons. The largest absolute Gasteiger partial charge is 0.435 e. The van der Waals surface area contributed by atoms with Gasteiger partial charge in [0.25, 0.3) is 0 Å². The molecule has 0 bridgehead atoms. The Bertz CT molecular complexity index is 495. The van der Waals surface area contributed by atoms with Crippen molar-refractivity contribution >= 4 is 34.8 Å². The molecule has 0 fully saturated rings. The van der Waals surface area contributed by atoms with E-state index in [-0.39, 0.29) is 5.15 Å². The molecule has 2 aromatic heterocycles. The van der Waals surface area contributed by atoms with E-state index in [2.05, 4.69) is 20.4 Å². The fourth-order valence-corrected chi connectivity index (χ4v) is 1.07. The molecule has 0 aliphatic rings. The standard InChI is InChI=1S/C5H2ClF3N2.C4H2Cl2N2/c6-4-2-1-3(10-11-4)5(7,8)9;5-3-1-2-4(6)8-7-3/h1-2H;1-2H. The Labute approximate surface area is 120 Å². The van der Waals surface area contributed by atoms with Gasteiger partial charge in [-0.1, -0.05) is 34.8 Å². The smallest absolute Gasteiger partial charge is 0.164 e. The minimum atomic E-state index is -4.45. The lowest BCUT2D eigenvalue weighted by Gasteiger charge is -2.02. The first-order chi connectivity index (χ1) is 8.79. The number of hydrogen-bond donors (Lipinski definition) is 0. The number of rotatable bonds is 0. The SMILES string of the molecule is Clc1ccc(Cl)nn1.FC(F)(F)c1ccc(Cl)nn1. The van der Waals surface area contributed by atoms with Crippen LogP contribution in [0.4, 0.5) is 13.2 Å². The van der Waals surface area contributed by atoms with Crippen LogP contribution in [0.25, 0.3) is 0 Å². The van der Waals surface area contributed by atoms with Gasteiger partial charge in [0.15, 0.2) is 21.2 Å². The lowest BCUT2D eigenvalue weighted by Crippen LogP contribution is -2.08. The van der Waals surface area contributed by atoms with Gasteiger partial charge in [-0.05, 0) is 24.3 Å². The highest BCUT2D eigenvalue weighted by Crippen LogP contribution is 2.26. The number of nitrogens with zero attached hydrogens (tertiary/aromatic N) is 4. The first-order valence-electron chi connectivity index (χ1n) is 4.50. The zero-order chi connectivity index (χ0) is 14.5. The summed E-state index contributed by atoms with van der Waals surface area (Å²) < 4.78 is 35.3. The molecular weight excluding hydrogens is 327 g/mol. The average molecular weight is 332 g/mol. The van der Waals surface area contributed by atoms with Crippen LogP contribution in [-0.2, 0) is 6.18 Å². The van der Waals surface area contributed by atoms with Crippen LogP contribution in [0.3, 0.4) is 0 Å². The van der Waals surface area contributed by atoms with Crippen molar-refractivity contribution in [1.82, 2.24) is 20.4 Å². The molecule has 0 saturated carbocycles. The van der Waals surface area contributed by atoms with E-state index in [9.17, 15) is 13.2 Å². The fourth-order valence-electron chi connectivity index (χ4n) is 0.767. The van der Waals surface area contributed by atoms with Crippen molar-refractivity contribution in [2.24, 2.45) is 0 Å². The Morgan fingerprint density at radius 2 is 1.05 bits per heavy atom. The quantitative estimate of drug-likeness (QED) is 0.734. The first kappa shape index (κ1) is 15.9. The van der Waals surface area contributed by atoms with Gasteiger partial charge in [-0.3, -0.25) is 0 Å². The Balaban J connectivity index is 0.000000200. The molecule has 10 heteroatoms. The third kappa shape index (κ3) is 6.00. The Morgan fingerprint density at radius 3 is 1.32 bits per heavy atom. The molecule has 0 radical (unpaired) electrons. The number of hydrogen-bond acceptors (Lipinski definition) is 4. The van der Waals surface area contributed by atoms with Crippen LogP contribution >= 0.6 is 34.8 Å². The van der Waals surface area contributed by atoms with Crippen molar-refractivity contribution < 1.29 is 13.2 Å². The lowest BCUT2D eigenvalue weighted by atomic mass is 10.4. The molecule has 0 unspecified atom stereocenters. The normalized spacial score (nSPS) is 10.6. The van der Waals surface area contributed by atoms with Gasteiger partial charge in [-0.15, -0.1) is 20.4 Å². The van der Waals surface area contributed by atoms with Crippen molar-refractivity contribution in [1.29, 1.82) is 0 Å². The summed E-state index contributed by atoms with van der Waals surface area (Å²) in [5.41, 5.74) is -1.04. The highest BCUT2D eigenvalue weighted by Gasteiger charge is 2.32. The van der Waals surface area contributed by atoms with E-state index in [0.717, 1.165) is 12.1 Å². The van der Waals surface area contributed by atoms with Crippen LogP contribution in [0.5, 0.6) is 0 Å². The monoisotopic (exact) mass is 330 g/mol. The van der Waals surface area contributed by atoms with Crippen LogP contribution in [0.1, 0.15) is 5.69 Å². The third-order valence-corrected chi connectivity index (χ3v) is 2.13. The van der Waals surface area contributed by atoms with E-state index in [1.165, 1.54) is 0 Å². The average Bonchev–Trinajstić information content (AvgIpc) is 2.33. The maximum absolute atomic E-state index is 11.8. The second kappa shape index (κ2) is 6.83. The molecule has 0 aliphatic heterocycles. The van der Waals surface area contributed by atoms with E-state index in [1.807, 2.05) is 0 Å². The summed E-state index contributed by atoms with van der Waals surface area (Å²) in [5.74, 6) is 0. The minimum absolute atomic E-state index is 0.0574. The number of aromatic nitrogens is 4. The summed E-state index contributed by atoms with van der Waals surface area (Å²) in [6, 6.07) is 4.97. The number of halogens is 6. The molecule has 2 rings (SSSR count). The molecule has 0 aromatic carbocycles. The fraction of sp³-hybridized carbons (Fsp3) is 0.111. The predicted molar refractivity (Wildman–Crippen MR) is 64.1 cm³/mol. The zero-order valence-corrected chi connectivity index (χ0v) is 11.1. The van der Waals surface area contributed by atoms with Gasteiger partial charge in [0, 0.05) is 0 Å². The summed E-state index contributed by atoms with van der Waals surface area (Å²) in [6.45, 7) is 0. The maximum atomic E-state index is 11.8. The number of alkyl halides is 3. The second-order valence-corrected chi connectivity index (χ2v) is 4.08. The Kier molecular flexibility index (Phi) is 5.71. The minimum Gasteiger partial charge on any atom is -0.164 e. The van der Waals surface area contributed by atoms with Crippen molar-refractivity contribution in [3.05, 3.63) is 45.4 Å². The predicted octanol–water partition coefficient (Wildman–Crippen LogP) is 3.93.